The molecule has 1 aromatic heterocycles. The molecule has 19 heavy (non-hydrogen) atoms. The summed E-state index contributed by atoms with van der Waals surface area (Å²) in [5, 5.41) is 6.51. The summed E-state index contributed by atoms with van der Waals surface area (Å²) in [5.74, 6) is 1.55. The Bertz CT molecular complexity index is 398. The van der Waals surface area contributed by atoms with Crippen molar-refractivity contribution in [3.8, 4) is 0 Å². The molecule has 1 unspecified atom stereocenters. The molecular formula is C12H20ClN5O. The summed E-state index contributed by atoms with van der Waals surface area (Å²) in [6.07, 6.45) is 3.30. The van der Waals surface area contributed by atoms with Gasteiger partial charge in [-0.1, -0.05) is 6.92 Å². The number of aromatic nitrogens is 3. The second-order valence-corrected chi connectivity index (χ2v) is 4.98. The quantitative estimate of drug-likeness (QED) is 0.835. The number of hydrogen-bond acceptors (Lipinski definition) is 6. The Morgan fingerprint density at radius 1 is 1.26 bits per heavy atom. The molecule has 0 spiro atoms. The lowest BCUT2D eigenvalue weighted by atomic mass is 10.0. The second kappa shape index (κ2) is 7.45. The highest BCUT2D eigenvalue weighted by Gasteiger charge is 2.14. The molecule has 1 saturated heterocycles. The molecule has 1 fully saturated rings. The molecule has 0 aliphatic carbocycles. The van der Waals surface area contributed by atoms with Gasteiger partial charge in [-0.25, -0.2) is 0 Å². The van der Waals surface area contributed by atoms with Gasteiger partial charge in [0.25, 0.3) is 0 Å². The summed E-state index contributed by atoms with van der Waals surface area (Å²) in [6, 6.07) is 0. The summed E-state index contributed by atoms with van der Waals surface area (Å²) in [6.45, 7) is 5.37. The fourth-order valence-corrected chi connectivity index (χ4v) is 2.11. The Morgan fingerprint density at radius 3 is 2.74 bits per heavy atom. The van der Waals surface area contributed by atoms with Gasteiger partial charge in [-0.05, 0) is 36.8 Å². The van der Waals surface area contributed by atoms with Crippen molar-refractivity contribution in [3.05, 3.63) is 5.28 Å². The lowest BCUT2D eigenvalue weighted by molar-refractivity contribution is 0.0594. The average Bonchev–Trinajstić information content (AvgIpc) is 2.43. The zero-order chi connectivity index (χ0) is 13.5. The van der Waals surface area contributed by atoms with Crippen LogP contribution in [0.15, 0.2) is 0 Å². The Hall–Kier alpha value is -1.14. The zero-order valence-corrected chi connectivity index (χ0v) is 11.9. The van der Waals surface area contributed by atoms with Crippen molar-refractivity contribution >= 4 is 23.5 Å². The molecule has 2 N–H and O–H groups in total. The van der Waals surface area contributed by atoms with Gasteiger partial charge < -0.3 is 15.4 Å². The van der Waals surface area contributed by atoms with E-state index in [1.165, 1.54) is 6.42 Å². The van der Waals surface area contributed by atoms with E-state index in [1.807, 2.05) is 0 Å². The zero-order valence-electron chi connectivity index (χ0n) is 11.2. The monoisotopic (exact) mass is 285 g/mol. The van der Waals surface area contributed by atoms with Crippen LogP contribution in [0, 0.1) is 5.92 Å². The van der Waals surface area contributed by atoms with Crippen molar-refractivity contribution in [2.75, 3.05) is 36.9 Å². The maximum Gasteiger partial charge on any atom is 0.228 e. The summed E-state index contributed by atoms with van der Waals surface area (Å²) < 4.78 is 5.44. The highest BCUT2D eigenvalue weighted by molar-refractivity contribution is 6.28. The molecular weight excluding hydrogens is 266 g/mol. The van der Waals surface area contributed by atoms with E-state index < -0.39 is 0 Å². The molecule has 6 nitrogen and oxygen atoms in total. The highest BCUT2D eigenvalue weighted by Crippen LogP contribution is 2.15. The minimum Gasteiger partial charge on any atom is -0.381 e. The molecule has 2 rings (SSSR count). The number of hydrogen-bond donors (Lipinski definition) is 2. The van der Waals surface area contributed by atoms with Crippen LogP contribution >= 0.6 is 11.6 Å². The van der Waals surface area contributed by atoms with Gasteiger partial charge in [0.1, 0.15) is 0 Å². The Kier molecular flexibility index (Phi) is 5.60. The van der Waals surface area contributed by atoms with Crippen LogP contribution in [0.1, 0.15) is 26.2 Å². The van der Waals surface area contributed by atoms with E-state index in [-0.39, 0.29) is 5.28 Å². The molecule has 0 bridgehead atoms. The minimum absolute atomic E-state index is 0.205. The number of halogens is 1. The van der Waals surface area contributed by atoms with Crippen molar-refractivity contribution in [1.29, 1.82) is 0 Å². The molecule has 1 aliphatic heterocycles. The van der Waals surface area contributed by atoms with Gasteiger partial charge in [0.2, 0.25) is 17.2 Å². The third-order valence-electron chi connectivity index (χ3n) is 2.94. The second-order valence-electron chi connectivity index (χ2n) is 4.64. The predicted octanol–water partition coefficient (Wildman–Crippen LogP) is 2.19. The summed E-state index contributed by atoms with van der Waals surface area (Å²) >= 11 is 5.88. The number of rotatable bonds is 6. The molecule has 106 valence electrons. The summed E-state index contributed by atoms with van der Waals surface area (Å²) in [5.41, 5.74) is 0. The third kappa shape index (κ3) is 4.80. The van der Waals surface area contributed by atoms with Gasteiger partial charge in [-0.15, -0.1) is 0 Å². The Balaban J connectivity index is 1.89. The van der Waals surface area contributed by atoms with Crippen molar-refractivity contribution < 1.29 is 4.74 Å². The first kappa shape index (κ1) is 14.3. The topological polar surface area (TPSA) is 72.0 Å². The van der Waals surface area contributed by atoms with Gasteiger partial charge in [0.05, 0.1) is 6.61 Å². The number of ether oxygens (including phenoxy) is 1. The van der Waals surface area contributed by atoms with Crippen LogP contribution in [-0.4, -0.2) is 41.3 Å². The van der Waals surface area contributed by atoms with Crippen LogP contribution < -0.4 is 10.6 Å². The number of anilines is 2. The van der Waals surface area contributed by atoms with Gasteiger partial charge in [0.15, 0.2) is 0 Å². The van der Waals surface area contributed by atoms with Crippen molar-refractivity contribution in [1.82, 2.24) is 15.0 Å². The smallest absolute Gasteiger partial charge is 0.228 e. The molecule has 0 amide bonds. The van der Waals surface area contributed by atoms with E-state index >= 15 is 0 Å². The number of nitrogens with one attached hydrogen (secondary N) is 2. The molecule has 1 aliphatic rings. The summed E-state index contributed by atoms with van der Waals surface area (Å²) in [7, 11) is 0. The van der Waals surface area contributed by atoms with Crippen LogP contribution in [0.4, 0.5) is 11.9 Å². The first-order chi connectivity index (χ1) is 9.28. The van der Waals surface area contributed by atoms with E-state index in [1.54, 1.807) is 0 Å². The van der Waals surface area contributed by atoms with E-state index in [2.05, 4.69) is 32.5 Å². The fourth-order valence-electron chi connectivity index (χ4n) is 1.95. The van der Waals surface area contributed by atoms with Gasteiger partial charge in [0, 0.05) is 19.7 Å². The van der Waals surface area contributed by atoms with Crippen molar-refractivity contribution in [2.45, 2.75) is 26.2 Å². The Labute approximate surface area is 118 Å². The maximum atomic E-state index is 5.88. The van der Waals surface area contributed by atoms with E-state index in [0.29, 0.717) is 17.8 Å². The van der Waals surface area contributed by atoms with E-state index in [9.17, 15) is 0 Å². The standard InChI is InChI=1S/C12H20ClN5O/c1-2-5-14-11-16-10(13)17-12(18-11)15-7-9-4-3-6-19-8-9/h9H,2-8H2,1H3,(H2,14,15,16,17,18). The van der Waals surface area contributed by atoms with Crippen molar-refractivity contribution in [3.63, 3.8) is 0 Å². The Morgan fingerprint density at radius 2 is 2.05 bits per heavy atom. The SMILES string of the molecule is CCCNc1nc(Cl)nc(NCC2CCCOC2)n1. The lowest BCUT2D eigenvalue weighted by Crippen LogP contribution is -2.25. The molecule has 7 heteroatoms. The maximum absolute atomic E-state index is 5.88. The molecule has 1 atom stereocenters. The van der Waals surface area contributed by atoms with Crippen LogP contribution in [0.5, 0.6) is 0 Å². The first-order valence-corrected chi connectivity index (χ1v) is 7.12. The number of nitrogens with zero attached hydrogens (tertiary/aromatic N) is 3. The predicted molar refractivity (Wildman–Crippen MR) is 75.7 cm³/mol. The lowest BCUT2D eigenvalue weighted by Gasteiger charge is -2.22. The van der Waals surface area contributed by atoms with Crippen LogP contribution in [-0.2, 0) is 4.74 Å². The highest BCUT2D eigenvalue weighted by atomic mass is 35.5. The van der Waals surface area contributed by atoms with Gasteiger partial charge >= 0.3 is 0 Å². The molecule has 0 saturated carbocycles. The largest absolute Gasteiger partial charge is 0.381 e. The molecule has 0 radical (unpaired) electrons. The van der Waals surface area contributed by atoms with Crippen LogP contribution in [0.2, 0.25) is 5.28 Å². The van der Waals surface area contributed by atoms with Gasteiger partial charge in [-0.2, -0.15) is 15.0 Å². The molecule has 2 heterocycles. The fraction of sp³-hybridized carbons (Fsp3) is 0.750. The van der Waals surface area contributed by atoms with Gasteiger partial charge in [-0.3, -0.25) is 0 Å². The van der Waals surface area contributed by atoms with Crippen molar-refractivity contribution in [2.24, 2.45) is 5.92 Å². The minimum atomic E-state index is 0.205. The first-order valence-electron chi connectivity index (χ1n) is 6.75. The summed E-state index contributed by atoms with van der Waals surface area (Å²) in [4.78, 5) is 12.4. The van der Waals surface area contributed by atoms with E-state index in [4.69, 9.17) is 16.3 Å². The average molecular weight is 286 g/mol. The van der Waals surface area contributed by atoms with E-state index in [0.717, 1.165) is 39.1 Å². The van der Waals surface area contributed by atoms with Crippen LogP contribution in [0.3, 0.4) is 0 Å². The molecule has 1 aromatic rings. The molecule has 0 aromatic carbocycles. The normalized spacial score (nSPS) is 19.2. The van der Waals surface area contributed by atoms with Crippen LogP contribution in [0.25, 0.3) is 0 Å². The third-order valence-corrected chi connectivity index (χ3v) is 3.11.